The van der Waals surface area contributed by atoms with Crippen LogP contribution in [0, 0.1) is 23.2 Å². The minimum atomic E-state index is -0.459. The minimum absolute atomic E-state index is 0.0145. The van der Waals surface area contributed by atoms with Crippen molar-refractivity contribution in [2.24, 2.45) is 11.8 Å². The van der Waals surface area contributed by atoms with Crippen molar-refractivity contribution >= 4 is 16.7 Å². The van der Waals surface area contributed by atoms with Gasteiger partial charge in [0, 0.05) is 27.6 Å². The maximum absolute atomic E-state index is 14.0. The predicted molar refractivity (Wildman–Crippen MR) is 148 cm³/mol. The van der Waals surface area contributed by atoms with E-state index >= 15 is 0 Å². The van der Waals surface area contributed by atoms with Gasteiger partial charge in [-0.2, -0.15) is 5.26 Å². The Labute approximate surface area is 224 Å². The van der Waals surface area contributed by atoms with Crippen LogP contribution in [0.15, 0.2) is 30.3 Å². The number of nitrogens with one attached hydrogen (secondary N) is 2. The molecule has 6 heteroatoms. The van der Waals surface area contributed by atoms with Gasteiger partial charge >= 0.3 is 0 Å². The first-order valence-corrected chi connectivity index (χ1v) is 14.1. The summed E-state index contributed by atoms with van der Waals surface area (Å²) >= 11 is 0. The molecule has 198 valence electrons. The summed E-state index contributed by atoms with van der Waals surface area (Å²) in [6.45, 7) is 10.4. The van der Waals surface area contributed by atoms with E-state index in [0.29, 0.717) is 34.3 Å². The lowest BCUT2D eigenvalue weighted by Gasteiger charge is -2.41. The van der Waals surface area contributed by atoms with Gasteiger partial charge in [-0.15, -0.1) is 0 Å². The zero-order chi connectivity index (χ0) is 26.6. The smallest absolute Gasteiger partial charge is 0.195 e. The van der Waals surface area contributed by atoms with Gasteiger partial charge in [0.25, 0.3) is 0 Å². The van der Waals surface area contributed by atoms with Crippen molar-refractivity contribution in [1.82, 2.24) is 10.3 Å². The summed E-state index contributed by atoms with van der Waals surface area (Å²) in [6.07, 6.45) is 6.07. The van der Waals surface area contributed by atoms with Gasteiger partial charge in [0.05, 0.1) is 23.3 Å². The van der Waals surface area contributed by atoms with E-state index in [4.69, 9.17) is 9.47 Å². The molecule has 1 aliphatic heterocycles. The van der Waals surface area contributed by atoms with Gasteiger partial charge < -0.3 is 19.8 Å². The molecule has 3 aromatic rings. The number of rotatable bonds is 6. The third-order valence-electron chi connectivity index (χ3n) is 8.87. The number of aromatic amines is 1. The van der Waals surface area contributed by atoms with E-state index in [1.54, 1.807) is 6.07 Å². The van der Waals surface area contributed by atoms with Gasteiger partial charge in [0.1, 0.15) is 6.10 Å². The van der Waals surface area contributed by atoms with Crippen molar-refractivity contribution in [3.63, 3.8) is 0 Å². The summed E-state index contributed by atoms with van der Waals surface area (Å²) in [5.41, 5.74) is 4.12. The molecule has 3 aliphatic rings. The normalized spacial score (nSPS) is 19.9. The molecule has 2 aromatic carbocycles. The fraction of sp³-hybridized carbons (Fsp3) is 0.500. The van der Waals surface area contributed by atoms with Crippen LogP contribution < -0.4 is 14.8 Å². The van der Waals surface area contributed by atoms with Crippen LogP contribution in [-0.4, -0.2) is 36.1 Å². The second-order valence-corrected chi connectivity index (χ2v) is 12.1. The van der Waals surface area contributed by atoms with E-state index in [2.05, 4.69) is 36.3 Å². The number of nitrogens with zero attached hydrogens (tertiary/aromatic N) is 1. The molecule has 2 N–H and O–H groups in total. The van der Waals surface area contributed by atoms with E-state index in [-0.39, 0.29) is 18.0 Å². The lowest BCUT2D eigenvalue weighted by molar-refractivity contribution is 0.0210. The number of H-pyrrole nitrogens is 1. The summed E-state index contributed by atoms with van der Waals surface area (Å²) in [4.78, 5) is 17.5. The van der Waals surface area contributed by atoms with Crippen molar-refractivity contribution in [2.45, 2.75) is 77.4 Å². The molecule has 0 amide bonds. The van der Waals surface area contributed by atoms with Gasteiger partial charge in [-0.25, -0.2) is 0 Å². The van der Waals surface area contributed by atoms with Gasteiger partial charge in [-0.3, -0.25) is 4.79 Å². The van der Waals surface area contributed by atoms with Gasteiger partial charge in [-0.05, 0) is 94.3 Å². The molecule has 1 saturated heterocycles. The van der Waals surface area contributed by atoms with Crippen LogP contribution in [0.3, 0.4) is 0 Å². The van der Waals surface area contributed by atoms with Crippen molar-refractivity contribution in [2.75, 3.05) is 13.1 Å². The fourth-order valence-corrected chi connectivity index (χ4v) is 6.61. The molecule has 2 heterocycles. The van der Waals surface area contributed by atoms with Crippen LogP contribution in [-0.2, 0) is 5.41 Å². The highest BCUT2D eigenvalue weighted by Crippen LogP contribution is 2.48. The zero-order valence-electron chi connectivity index (χ0n) is 22.8. The predicted octanol–water partition coefficient (Wildman–Crippen LogP) is 6.24. The average Bonchev–Trinajstić information content (AvgIpc) is 3.27. The molecule has 6 rings (SSSR count). The largest absolute Gasteiger partial charge is 0.487 e. The fourth-order valence-electron chi connectivity index (χ4n) is 6.61. The van der Waals surface area contributed by atoms with Gasteiger partial charge in [0.15, 0.2) is 17.3 Å². The third-order valence-corrected chi connectivity index (χ3v) is 8.87. The summed E-state index contributed by atoms with van der Waals surface area (Å²) in [5.74, 6) is 2.48. The van der Waals surface area contributed by atoms with Gasteiger partial charge in [0.2, 0.25) is 0 Å². The maximum Gasteiger partial charge on any atom is 0.195 e. The molecule has 1 saturated carbocycles. The number of aromatic nitrogens is 1. The van der Waals surface area contributed by atoms with Crippen LogP contribution in [0.5, 0.6) is 11.5 Å². The highest BCUT2D eigenvalue weighted by atomic mass is 16.5. The molecule has 38 heavy (non-hydrogen) atoms. The van der Waals surface area contributed by atoms with Gasteiger partial charge in [-0.1, -0.05) is 26.3 Å². The Kier molecular flexibility index (Phi) is 6.23. The van der Waals surface area contributed by atoms with Crippen molar-refractivity contribution in [1.29, 1.82) is 5.26 Å². The molecule has 1 aromatic heterocycles. The number of ether oxygens (including phenoxy) is 2. The van der Waals surface area contributed by atoms with Crippen LogP contribution in [0.4, 0.5) is 0 Å². The van der Waals surface area contributed by atoms with E-state index < -0.39 is 5.41 Å². The number of hydrogen-bond acceptors (Lipinski definition) is 5. The molecular weight excluding hydrogens is 474 g/mol. The summed E-state index contributed by atoms with van der Waals surface area (Å²) in [7, 11) is 0. The Morgan fingerprint density at radius 3 is 2.37 bits per heavy atom. The maximum atomic E-state index is 14.0. The molecule has 2 aliphatic carbocycles. The van der Waals surface area contributed by atoms with Crippen LogP contribution >= 0.6 is 0 Å². The second-order valence-electron chi connectivity index (χ2n) is 12.1. The molecule has 1 unspecified atom stereocenters. The molecule has 0 bridgehead atoms. The highest BCUT2D eigenvalue weighted by molar-refractivity contribution is 6.20. The highest BCUT2D eigenvalue weighted by Gasteiger charge is 2.42. The monoisotopic (exact) mass is 511 g/mol. The molecule has 0 radical (unpaired) electrons. The molecule has 0 spiro atoms. The summed E-state index contributed by atoms with van der Waals surface area (Å²) < 4.78 is 13.3. The van der Waals surface area contributed by atoms with E-state index in [1.807, 2.05) is 32.0 Å². The number of piperidine rings is 1. The number of nitriles is 1. The number of fused-ring (bicyclic) bond motifs is 4. The van der Waals surface area contributed by atoms with E-state index in [1.165, 1.54) is 19.3 Å². The Hall–Kier alpha value is -3.30. The number of hydrogen-bond donors (Lipinski definition) is 2. The SMILES string of the molecule is CC(C)Oc1cc2c(cc1OC(C1CCC1)C1CCNCC1)C(C)(C)c1[nH]c3cc(C#N)ccc3c1C2=O. The quantitative estimate of drug-likeness (QED) is 0.409. The topological polar surface area (TPSA) is 87.1 Å². The first kappa shape index (κ1) is 25.0. The first-order chi connectivity index (χ1) is 18.3. The number of benzene rings is 2. The second kappa shape index (κ2) is 9.47. The minimum Gasteiger partial charge on any atom is -0.487 e. The molecule has 1 atom stereocenters. The first-order valence-electron chi connectivity index (χ1n) is 14.1. The van der Waals surface area contributed by atoms with Crippen molar-refractivity contribution < 1.29 is 14.3 Å². The van der Waals surface area contributed by atoms with E-state index in [0.717, 1.165) is 53.8 Å². The Morgan fingerprint density at radius 1 is 1.00 bits per heavy atom. The molecular formula is C32H37N3O3. The summed E-state index contributed by atoms with van der Waals surface area (Å²) in [6, 6.07) is 11.7. The lowest BCUT2D eigenvalue weighted by atomic mass is 9.71. The van der Waals surface area contributed by atoms with Crippen molar-refractivity contribution in [3.05, 3.63) is 58.3 Å². The zero-order valence-corrected chi connectivity index (χ0v) is 22.8. The number of carbonyl (C=O) groups excluding carboxylic acids is 1. The van der Waals surface area contributed by atoms with E-state index in [9.17, 15) is 10.1 Å². The average molecular weight is 512 g/mol. The molecule has 2 fully saturated rings. The summed E-state index contributed by atoms with van der Waals surface area (Å²) in [5, 5.41) is 13.7. The third kappa shape index (κ3) is 4.08. The Balaban J connectivity index is 1.46. The standard InChI is InChI=1S/C32H37N3O3/c1-18(2)37-26-15-23-24(16-27(26)38-30(20-6-5-7-20)21-10-12-34-13-11-21)32(3,4)31-28(29(23)36)22-9-8-19(17-33)14-25(22)35-31/h8-9,14-16,18,20-21,30,34-35H,5-7,10-13H2,1-4H3. The lowest BCUT2D eigenvalue weighted by Crippen LogP contribution is -2.43. The number of carbonyl (C=O) groups is 1. The Bertz CT molecular complexity index is 1430. The van der Waals surface area contributed by atoms with Crippen molar-refractivity contribution in [3.8, 4) is 17.6 Å². The van der Waals surface area contributed by atoms with Crippen LogP contribution in [0.25, 0.3) is 10.9 Å². The molecule has 6 nitrogen and oxygen atoms in total. The van der Waals surface area contributed by atoms with Crippen LogP contribution in [0.1, 0.15) is 92.5 Å². The number of ketones is 1. The van der Waals surface area contributed by atoms with Crippen LogP contribution in [0.2, 0.25) is 0 Å². The Morgan fingerprint density at radius 2 is 1.71 bits per heavy atom.